The number of hydrogen-bond acceptors (Lipinski definition) is 8. The summed E-state index contributed by atoms with van der Waals surface area (Å²) >= 11 is 0. The van der Waals surface area contributed by atoms with Gasteiger partial charge in [-0.15, -0.1) is 0 Å². The van der Waals surface area contributed by atoms with Crippen molar-refractivity contribution in [1.82, 2.24) is 9.71 Å². The molecule has 0 fully saturated rings. The van der Waals surface area contributed by atoms with Crippen LogP contribution in [0.3, 0.4) is 0 Å². The first-order valence-electron chi connectivity index (χ1n) is 12.9. The van der Waals surface area contributed by atoms with Gasteiger partial charge in [-0.1, -0.05) is 60.7 Å². The summed E-state index contributed by atoms with van der Waals surface area (Å²) in [6.07, 6.45) is 1.21. The molecule has 0 saturated heterocycles. The maximum absolute atomic E-state index is 13.3. The van der Waals surface area contributed by atoms with E-state index >= 15 is 0 Å². The quantitative estimate of drug-likeness (QED) is 0.159. The molecular weight excluding hydrogens is 556 g/mol. The normalized spacial score (nSPS) is 12.1. The van der Waals surface area contributed by atoms with Crippen LogP contribution < -0.4 is 26.2 Å². The van der Waals surface area contributed by atoms with Crippen LogP contribution in [0.15, 0.2) is 118 Å². The zero-order valence-electron chi connectivity index (χ0n) is 22.2. The molecule has 10 nitrogen and oxygen atoms in total. The molecule has 4 aromatic carbocycles. The summed E-state index contributed by atoms with van der Waals surface area (Å²) in [7, 11) is -4.09. The molecule has 0 amide bonds. The van der Waals surface area contributed by atoms with Crippen molar-refractivity contribution < 1.29 is 18.3 Å². The van der Waals surface area contributed by atoms with E-state index in [1.165, 1.54) is 12.1 Å². The summed E-state index contributed by atoms with van der Waals surface area (Å²) in [6, 6.07) is 26.2. The highest BCUT2D eigenvalue weighted by atomic mass is 32.2. The molecular formula is C31H26N4O6S. The first kappa shape index (κ1) is 28.4. The van der Waals surface area contributed by atoms with Crippen LogP contribution in [0.1, 0.15) is 23.7 Å². The van der Waals surface area contributed by atoms with E-state index in [2.05, 4.69) is 20.3 Å². The molecule has 1 unspecified atom stereocenters. The van der Waals surface area contributed by atoms with Crippen LogP contribution in [0.4, 0.5) is 17.1 Å². The number of nitrogens with one attached hydrogen (secondary N) is 3. The van der Waals surface area contributed by atoms with Crippen molar-refractivity contribution in [2.75, 3.05) is 10.6 Å². The van der Waals surface area contributed by atoms with Crippen molar-refractivity contribution in [3.8, 4) is 11.1 Å². The second-order valence-corrected chi connectivity index (χ2v) is 11.2. The highest BCUT2D eigenvalue weighted by molar-refractivity contribution is 7.89. The molecule has 1 heterocycles. The Morgan fingerprint density at radius 3 is 2.21 bits per heavy atom. The molecule has 0 aliphatic carbocycles. The van der Waals surface area contributed by atoms with Crippen LogP contribution in [0, 0.1) is 0 Å². The summed E-state index contributed by atoms with van der Waals surface area (Å²) < 4.78 is 29.1. The number of benzene rings is 3. The van der Waals surface area contributed by atoms with Gasteiger partial charge in [0.2, 0.25) is 10.0 Å². The van der Waals surface area contributed by atoms with E-state index in [-0.39, 0.29) is 22.8 Å². The van der Waals surface area contributed by atoms with Gasteiger partial charge < -0.3 is 15.7 Å². The Kier molecular flexibility index (Phi) is 8.23. The van der Waals surface area contributed by atoms with Gasteiger partial charge in [0.05, 0.1) is 29.6 Å². The minimum atomic E-state index is -4.09. The van der Waals surface area contributed by atoms with Gasteiger partial charge in [-0.3, -0.25) is 19.4 Å². The Labute approximate surface area is 241 Å². The van der Waals surface area contributed by atoms with Gasteiger partial charge in [0.15, 0.2) is 0 Å². The first-order chi connectivity index (χ1) is 20.2. The van der Waals surface area contributed by atoms with Gasteiger partial charge in [-0.25, -0.2) is 13.1 Å². The molecule has 1 aromatic heterocycles. The van der Waals surface area contributed by atoms with Crippen LogP contribution in [-0.2, 0) is 21.4 Å². The highest BCUT2D eigenvalue weighted by Crippen LogP contribution is 2.29. The zero-order chi connectivity index (χ0) is 29.7. The number of carboxylic acids is 1. The number of hydrogen-bond donors (Lipinski definition) is 4. The lowest BCUT2D eigenvalue weighted by molar-refractivity contribution is -0.137. The second-order valence-electron chi connectivity index (χ2n) is 9.50. The fraction of sp³-hybridized carbons (Fsp3) is 0.0968. The van der Waals surface area contributed by atoms with Gasteiger partial charge in [0.25, 0.3) is 10.9 Å². The molecule has 0 saturated carbocycles. The second kappa shape index (κ2) is 12.2. The van der Waals surface area contributed by atoms with E-state index in [1.807, 2.05) is 6.07 Å². The fourth-order valence-corrected chi connectivity index (χ4v) is 5.74. The van der Waals surface area contributed by atoms with Crippen LogP contribution in [0.2, 0.25) is 0 Å². The van der Waals surface area contributed by atoms with Gasteiger partial charge in [0, 0.05) is 11.9 Å². The lowest BCUT2D eigenvalue weighted by Gasteiger charge is -2.18. The number of pyridine rings is 1. The number of sulfonamides is 1. The third kappa shape index (κ3) is 6.43. The summed E-state index contributed by atoms with van der Waals surface area (Å²) in [5.74, 6) is -1.14. The van der Waals surface area contributed by atoms with E-state index in [4.69, 9.17) is 0 Å². The van der Waals surface area contributed by atoms with Crippen LogP contribution in [0.5, 0.6) is 0 Å². The molecule has 0 radical (unpaired) electrons. The van der Waals surface area contributed by atoms with Gasteiger partial charge in [-0.2, -0.15) is 0 Å². The minimum Gasteiger partial charge on any atom is -0.481 e. The highest BCUT2D eigenvalue weighted by Gasteiger charge is 2.24. The number of aromatic nitrogens is 1. The van der Waals surface area contributed by atoms with Crippen molar-refractivity contribution in [3.63, 3.8) is 0 Å². The Balaban J connectivity index is 1.36. The summed E-state index contributed by atoms with van der Waals surface area (Å²) in [5, 5.41) is 15.3. The molecule has 0 aliphatic rings. The van der Waals surface area contributed by atoms with E-state index in [1.54, 1.807) is 85.1 Å². The predicted octanol–water partition coefficient (Wildman–Crippen LogP) is 4.19. The predicted molar refractivity (Wildman–Crippen MR) is 160 cm³/mol. The molecule has 5 aromatic rings. The monoisotopic (exact) mass is 582 g/mol. The van der Waals surface area contributed by atoms with Crippen molar-refractivity contribution in [2.45, 2.75) is 23.9 Å². The number of anilines is 3. The summed E-state index contributed by atoms with van der Waals surface area (Å²) in [4.78, 5) is 40.1. The molecule has 11 heteroatoms. The van der Waals surface area contributed by atoms with Crippen molar-refractivity contribution >= 4 is 33.1 Å². The number of nitrogens with zero attached hydrogens (tertiary/aromatic N) is 1. The van der Waals surface area contributed by atoms with E-state index < -0.39 is 39.3 Å². The van der Waals surface area contributed by atoms with Crippen molar-refractivity contribution in [1.29, 1.82) is 0 Å². The molecule has 4 N–H and O–H groups in total. The SMILES string of the molecule is O=C(O)CC(NS(=O)(=O)c1cccc(-c2cccc(Nc3c(NCc4ccccn4)c(=O)c3=O)c2)c1)c1ccccc1. The van der Waals surface area contributed by atoms with Gasteiger partial charge in [-0.05, 0) is 53.1 Å². The topological polar surface area (TPSA) is 155 Å². The Hall–Kier alpha value is -5.13. The number of carbonyl (C=O) groups is 1. The van der Waals surface area contributed by atoms with E-state index in [0.29, 0.717) is 28.1 Å². The molecule has 0 aliphatic heterocycles. The lowest BCUT2D eigenvalue weighted by Crippen LogP contribution is -2.36. The zero-order valence-corrected chi connectivity index (χ0v) is 23.0. The minimum absolute atomic E-state index is 0.0341. The summed E-state index contributed by atoms with van der Waals surface area (Å²) in [5.41, 5.74) is 2.05. The van der Waals surface area contributed by atoms with Crippen molar-refractivity contribution in [3.05, 3.63) is 135 Å². The Morgan fingerprint density at radius 1 is 0.810 bits per heavy atom. The molecule has 42 heavy (non-hydrogen) atoms. The Bertz CT molecular complexity index is 1900. The Morgan fingerprint density at radius 2 is 1.50 bits per heavy atom. The fourth-order valence-electron chi connectivity index (χ4n) is 4.47. The third-order valence-corrected chi connectivity index (χ3v) is 8.04. The number of carboxylic acid groups (broad SMARTS) is 1. The average Bonchev–Trinajstić information content (AvgIpc) is 3.01. The largest absolute Gasteiger partial charge is 0.481 e. The third-order valence-electron chi connectivity index (χ3n) is 6.57. The first-order valence-corrected chi connectivity index (χ1v) is 14.4. The number of rotatable bonds is 12. The molecule has 0 spiro atoms. The molecule has 5 rings (SSSR count). The maximum atomic E-state index is 13.3. The van der Waals surface area contributed by atoms with Crippen molar-refractivity contribution in [2.24, 2.45) is 0 Å². The van der Waals surface area contributed by atoms with Gasteiger partial charge >= 0.3 is 5.97 Å². The van der Waals surface area contributed by atoms with Crippen LogP contribution in [-0.4, -0.2) is 24.5 Å². The smallest absolute Gasteiger partial charge is 0.305 e. The molecule has 0 bridgehead atoms. The van der Waals surface area contributed by atoms with Gasteiger partial charge in [0.1, 0.15) is 11.4 Å². The average molecular weight is 583 g/mol. The van der Waals surface area contributed by atoms with E-state index in [0.717, 1.165) is 0 Å². The van der Waals surface area contributed by atoms with E-state index in [9.17, 15) is 27.9 Å². The molecule has 212 valence electrons. The van der Waals surface area contributed by atoms with Crippen LogP contribution in [0.25, 0.3) is 11.1 Å². The number of aliphatic carboxylic acids is 1. The summed E-state index contributed by atoms with van der Waals surface area (Å²) in [6.45, 7) is 0.271. The lowest BCUT2D eigenvalue weighted by atomic mass is 10.0. The maximum Gasteiger partial charge on any atom is 0.305 e. The van der Waals surface area contributed by atoms with Crippen LogP contribution >= 0.6 is 0 Å². The standard InChI is InChI=1S/C31H26N4O6S/c36-27(37)18-26(20-8-2-1-3-9-20)35-42(40,41)25-14-7-11-22(17-25)21-10-6-13-23(16-21)34-29-28(30(38)31(29)39)33-19-24-12-4-5-15-32-24/h1-17,26,33-35H,18-19H2,(H,36,37). The molecule has 1 atom stereocenters.